The molecule has 8 heteroatoms. The molecule has 1 saturated heterocycles. The van der Waals surface area contributed by atoms with Gasteiger partial charge < -0.3 is 29.8 Å². The molecule has 0 amide bonds. The number of unbranched alkanes of at least 4 members (excludes halogenated alkanes) is 1. The van der Waals surface area contributed by atoms with Crippen molar-refractivity contribution in [2.24, 2.45) is 11.8 Å². The lowest BCUT2D eigenvalue weighted by atomic mass is 9.89. The smallest absolute Gasteiger partial charge is 0.384 e. The topological polar surface area (TPSA) is 100 Å². The van der Waals surface area contributed by atoms with Crippen LogP contribution in [0.3, 0.4) is 0 Å². The summed E-state index contributed by atoms with van der Waals surface area (Å²) in [6, 6.07) is 2.98. The molecule has 3 unspecified atom stereocenters. The fourth-order valence-electron chi connectivity index (χ4n) is 3.69. The largest absolute Gasteiger partial charge is 0.497 e. The number of ether oxygens (including phenoxy) is 3. The van der Waals surface area contributed by atoms with Crippen molar-refractivity contribution in [3.8, 4) is 11.5 Å². The van der Waals surface area contributed by atoms with Crippen molar-refractivity contribution in [1.29, 1.82) is 0 Å². The lowest BCUT2D eigenvalue weighted by Crippen LogP contribution is -2.54. The molecule has 1 aliphatic rings. The molecule has 2 rings (SSSR count). The first-order valence-electron chi connectivity index (χ1n) is 10.9. The Labute approximate surface area is 184 Å². The summed E-state index contributed by atoms with van der Waals surface area (Å²) in [5, 5.41) is 24.2. The zero-order chi connectivity index (χ0) is 23.0. The molecule has 0 saturated carbocycles. The molecule has 8 nitrogen and oxygen atoms in total. The number of benzene rings is 1. The lowest BCUT2D eigenvalue weighted by molar-refractivity contribution is -0.355. The van der Waals surface area contributed by atoms with Gasteiger partial charge in [0.1, 0.15) is 11.5 Å². The molecular weight excluding hydrogens is 400 g/mol. The van der Waals surface area contributed by atoms with E-state index in [1.165, 1.54) is 0 Å². The second-order valence-electron chi connectivity index (χ2n) is 8.04. The zero-order valence-corrected chi connectivity index (χ0v) is 19.2. The third-order valence-electron chi connectivity index (χ3n) is 5.64. The number of hydrogen-bond acceptors (Lipinski definition) is 8. The second kappa shape index (κ2) is 11.4. The number of rotatable bonds is 11. The Morgan fingerprint density at radius 2 is 2.06 bits per heavy atom. The average Bonchev–Trinajstić information content (AvgIpc) is 3.03. The molecule has 0 radical (unpaired) electrons. The summed E-state index contributed by atoms with van der Waals surface area (Å²) < 4.78 is 15.8. The molecule has 1 heterocycles. The summed E-state index contributed by atoms with van der Waals surface area (Å²) in [6.07, 6.45) is 6.68. The monoisotopic (exact) mass is 436 g/mol. The molecule has 0 aromatic heterocycles. The molecular formula is C23H36N2O6. The van der Waals surface area contributed by atoms with Crippen LogP contribution in [0.5, 0.6) is 11.5 Å². The van der Waals surface area contributed by atoms with Crippen LogP contribution in [0.25, 0.3) is 6.08 Å². The first kappa shape index (κ1) is 25.0. The van der Waals surface area contributed by atoms with Gasteiger partial charge in [-0.2, -0.15) is 0 Å². The van der Waals surface area contributed by atoms with E-state index in [0.717, 1.165) is 25.7 Å². The highest BCUT2D eigenvalue weighted by atomic mass is 16.7. The normalized spacial score (nSPS) is 22.1. The van der Waals surface area contributed by atoms with Crippen LogP contribution in [0.4, 0.5) is 0 Å². The maximum Gasteiger partial charge on any atom is 0.384 e. The van der Waals surface area contributed by atoms with E-state index in [4.69, 9.17) is 14.2 Å². The van der Waals surface area contributed by atoms with Gasteiger partial charge >= 0.3 is 12.0 Å². The number of methoxy groups -OCH3 is 2. The van der Waals surface area contributed by atoms with E-state index in [0.29, 0.717) is 40.2 Å². The summed E-state index contributed by atoms with van der Waals surface area (Å²) in [6.45, 7) is 6.00. The maximum atomic E-state index is 12.6. The molecule has 0 spiro atoms. The summed E-state index contributed by atoms with van der Waals surface area (Å²) in [7, 11) is 3.11. The lowest BCUT2D eigenvalue weighted by Gasteiger charge is -2.28. The number of hydroxylamine groups is 2. The van der Waals surface area contributed by atoms with Gasteiger partial charge in [0.2, 0.25) is 0 Å². The van der Waals surface area contributed by atoms with Crippen LogP contribution < -0.4 is 14.8 Å². The Kier molecular flexibility index (Phi) is 9.15. The van der Waals surface area contributed by atoms with Gasteiger partial charge in [-0.05, 0) is 30.5 Å². The number of esters is 1. The number of carbonyl (C=O) groups is 1. The summed E-state index contributed by atoms with van der Waals surface area (Å²) in [5.41, 5.74) is 1.17. The highest BCUT2D eigenvalue weighted by Crippen LogP contribution is 2.29. The van der Waals surface area contributed by atoms with Crippen LogP contribution in [0, 0.1) is 11.8 Å². The van der Waals surface area contributed by atoms with Gasteiger partial charge in [-0.1, -0.05) is 51.5 Å². The van der Waals surface area contributed by atoms with Crippen molar-refractivity contribution < 1.29 is 29.3 Å². The van der Waals surface area contributed by atoms with Crippen molar-refractivity contribution in [2.45, 2.75) is 58.9 Å². The highest BCUT2D eigenvalue weighted by molar-refractivity contribution is 5.72. The Morgan fingerprint density at radius 1 is 1.32 bits per heavy atom. The minimum atomic E-state index is -2.32. The fraction of sp³-hybridized carbons (Fsp3) is 0.609. The van der Waals surface area contributed by atoms with Crippen molar-refractivity contribution in [3.05, 3.63) is 29.5 Å². The van der Waals surface area contributed by atoms with Gasteiger partial charge in [-0.25, -0.2) is 0 Å². The average molecular weight is 437 g/mol. The van der Waals surface area contributed by atoms with Gasteiger partial charge in [0, 0.05) is 17.3 Å². The predicted molar refractivity (Wildman–Crippen MR) is 117 cm³/mol. The van der Waals surface area contributed by atoms with Crippen LogP contribution >= 0.6 is 0 Å². The number of nitrogens with one attached hydrogen (secondary N) is 1. The molecule has 1 aromatic rings. The molecule has 3 atom stereocenters. The number of nitrogens with zero attached hydrogens (tertiary/aromatic N) is 1. The Balaban J connectivity index is 2.06. The summed E-state index contributed by atoms with van der Waals surface area (Å²) in [4.78, 5) is 12.6. The van der Waals surface area contributed by atoms with Crippen molar-refractivity contribution in [1.82, 2.24) is 10.4 Å². The Bertz CT molecular complexity index is 768. The van der Waals surface area contributed by atoms with E-state index >= 15 is 0 Å². The molecule has 0 bridgehead atoms. The highest BCUT2D eigenvalue weighted by Gasteiger charge is 2.46. The molecule has 1 aromatic carbocycles. The van der Waals surface area contributed by atoms with E-state index in [1.807, 2.05) is 0 Å². The van der Waals surface area contributed by atoms with Gasteiger partial charge in [0.05, 0.1) is 26.7 Å². The standard InChI is InChI=1S/C23H36N2O6/c1-6-8-9-17(7-2)12-16(3)22(26)31-23(27)24-19(15-25(23)28)13-18-10-11-20(29-4)14-21(18)30-5/h10-11,13-14,16-17,24,27-28H,6-9,12,15H2,1-5H3/b19-13-. The number of aliphatic hydroxyl groups is 1. The van der Waals surface area contributed by atoms with Gasteiger partial charge in [-0.3, -0.25) is 4.79 Å². The maximum absolute atomic E-state index is 12.6. The number of carbonyl (C=O) groups excluding carboxylic acids is 1. The van der Waals surface area contributed by atoms with Gasteiger partial charge in [0.25, 0.3) is 0 Å². The van der Waals surface area contributed by atoms with Crippen molar-refractivity contribution in [3.63, 3.8) is 0 Å². The van der Waals surface area contributed by atoms with Gasteiger partial charge in [-0.15, -0.1) is 0 Å². The second-order valence-corrected chi connectivity index (χ2v) is 8.04. The minimum absolute atomic E-state index is 0.0541. The van der Waals surface area contributed by atoms with Crippen molar-refractivity contribution in [2.75, 3.05) is 20.8 Å². The molecule has 174 valence electrons. The quantitative estimate of drug-likeness (QED) is 0.356. The third kappa shape index (κ3) is 6.59. The van der Waals surface area contributed by atoms with E-state index in [2.05, 4.69) is 19.2 Å². The first-order chi connectivity index (χ1) is 14.8. The van der Waals surface area contributed by atoms with E-state index in [-0.39, 0.29) is 6.54 Å². The van der Waals surface area contributed by atoms with Crippen LogP contribution in [-0.4, -0.2) is 48.1 Å². The third-order valence-corrected chi connectivity index (χ3v) is 5.64. The summed E-state index contributed by atoms with van der Waals surface area (Å²) in [5.74, 6) is 0.683. The van der Waals surface area contributed by atoms with E-state index in [9.17, 15) is 15.1 Å². The predicted octanol–water partition coefficient (Wildman–Crippen LogP) is 3.73. The molecule has 1 fully saturated rings. The SMILES string of the molecule is CCCCC(CC)CC(C)C(=O)OC1(O)N/C(=C\c2ccc(OC)cc2OC)CN1O. The number of hydrogen-bond donors (Lipinski definition) is 3. The molecule has 1 aliphatic heterocycles. The zero-order valence-electron chi connectivity index (χ0n) is 19.2. The van der Waals surface area contributed by atoms with Crippen molar-refractivity contribution >= 4 is 12.0 Å². The Hall–Kier alpha value is -2.29. The molecule has 3 N–H and O–H groups in total. The first-order valence-corrected chi connectivity index (χ1v) is 10.9. The van der Waals surface area contributed by atoms with Crippen LogP contribution in [0.2, 0.25) is 0 Å². The Morgan fingerprint density at radius 3 is 2.68 bits per heavy atom. The van der Waals surface area contributed by atoms with Crippen LogP contribution in [0.15, 0.2) is 23.9 Å². The van der Waals surface area contributed by atoms with E-state index in [1.54, 1.807) is 45.4 Å². The summed E-state index contributed by atoms with van der Waals surface area (Å²) >= 11 is 0. The van der Waals surface area contributed by atoms with Crippen LogP contribution in [0.1, 0.15) is 58.4 Å². The molecule has 31 heavy (non-hydrogen) atoms. The van der Waals surface area contributed by atoms with Gasteiger partial charge in [0.15, 0.2) is 0 Å². The van der Waals surface area contributed by atoms with E-state index < -0.39 is 17.9 Å². The fourth-order valence-corrected chi connectivity index (χ4v) is 3.69. The van der Waals surface area contributed by atoms with Crippen LogP contribution in [-0.2, 0) is 9.53 Å². The molecule has 0 aliphatic carbocycles. The minimum Gasteiger partial charge on any atom is -0.497 e.